The summed E-state index contributed by atoms with van der Waals surface area (Å²) in [7, 11) is 1.69. The minimum atomic E-state index is -0.343. The van der Waals surface area contributed by atoms with E-state index in [1.54, 1.807) is 11.9 Å². The van der Waals surface area contributed by atoms with Gasteiger partial charge in [0.15, 0.2) is 0 Å². The van der Waals surface area contributed by atoms with E-state index in [1.165, 1.54) is 4.90 Å². The van der Waals surface area contributed by atoms with Crippen LogP contribution >= 0.6 is 0 Å². The van der Waals surface area contributed by atoms with Gasteiger partial charge in [-0.1, -0.05) is 6.92 Å². The van der Waals surface area contributed by atoms with Crippen LogP contribution in [-0.2, 0) is 22.6 Å². The van der Waals surface area contributed by atoms with E-state index < -0.39 is 0 Å². The molecule has 120 valence electrons. The molecule has 0 radical (unpaired) electrons. The Morgan fingerprint density at radius 3 is 2.77 bits per heavy atom. The van der Waals surface area contributed by atoms with Crippen LogP contribution in [0, 0.1) is 0 Å². The van der Waals surface area contributed by atoms with Gasteiger partial charge in [-0.3, -0.25) is 14.5 Å². The van der Waals surface area contributed by atoms with Gasteiger partial charge >= 0.3 is 0 Å². The Labute approximate surface area is 130 Å². The Morgan fingerprint density at radius 1 is 1.23 bits per heavy atom. The summed E-state index contributed by atoms with van der Waals surface area (Å²) in [5.74, 6) is 2.03. The van der Waals surface area contributed by atoms with Crippen LogP contribution in [0.3, 0.4) is 0 Å². The molecule has 1 aromatic rings. The van der Waals surface area contributed by atoms with E-state index in [9.17, 15) is 9.59 Å². The Balaban J connectivity index is 1.64. The predicted molar refractivity (Wildman–Crippen MR) is 81.1 cm³/mol. The van der Waals surface area contributed by atoms with Gasteiger partial charge in [-0.05, 0) is 18.6 Å². The molecule has 2 aliphatic heterocycles. The lowest BCUT2D eigenvalue weighted by Gasteiger charge is -2.45. The van der Waals surface area contributed by atoms with Crippen molar-refractivity contribution in [2.75, 3.05) is 33.2 Å². The molecule has 0 bridgehead atoms. The van der Waals surface area contributed by atoms with E-state index in [-0.39, 0.29) is 24.4 Å². The maximum absolute atomic E-state index is 12.3. The molecule has 2 saturated heterocycles. The molecule has 0 saturated carbocycles. The van der Waals surface area contributed by atoms with E-state index in [1.807, 2.05) is 12.1 Å². The summed E-state index contributed by atoms with van der Waals surface area (Å²) < 4.78 is 5.81. The number of amides is 2. The van der Waals surface area contributed by atoms with Gasteiger partial charge in [-0.15, -0.1) is 0 Å². The average molecular weight is 305 g/mol. The molecule has 2 amide bonds. The van der Waals surface area contributed by atoms with Gasteiger partial charge in [0.1, 0.15) is 17.6 Å². The Morgan fingerprint density at radius 2 is 2.00 bits per heavy atom. The monoisotopic (exact) mass is 305 g/mol. The summed E-state index contributed by atoms with van der Waals surface area (Å²) in [5, 5.41) is 0. The first-order valence-electron chi connectivity index (χ1n) is 7.93. The van der Waals surface area contributed by atoms with Crippen LogP contribution in [0.5, 0.6) is 0 Å². The molecule has 2 aliphatic rings. The lowest BCUT2D eigenvalue weighted by Crippen LogP contribution is -2.65. The number of hydrogen-bond acceptors (Lipinski definition) is 4. The highest BCUT2D eigenvalue weighted by Gasteiger charge is 2.41. The zero-order valence-corrected chi connectivity index (χ0v) is 13.2. The average Bonchev–Trinajstić information content (AvgIpc) is 2.92. The minimum absolute atomic E-state index is 0.0374. The number of carbonyl (C=O) groups excluding carboxylic acids is 2. The molecule has 0 aromatic carbocycles. The number of piperazine rings is 2. The second-order valence-electron chi connectivity index (χ2n) is 6.15. The summed E-state index contributed by atoms with van der Waals surface area (Å²) in [6, 6.07) is 3.69. The van der Waals surface area contributed by atoms with Crippen LogP contribution in [-0.4, -0.2) is 65.8 Å². The van der Waals surface area contributed by atoms with Crippen molar-refractivity contribution in [3.63, 3.8) is 0 Å². The van der Waals surface area contributed by atoms with Gasteiger partial charge < -0.3 is 14.2 Å². The minimum Gasteiger partial charge on any atom is -0.465 e. The fourth-order valence-electron chi connectivity index (χ4n) is 3.23. The molecule has 0 N–H and O–H groups in total. The van der Waals surface area contributed by atoms with Gasteiger partial charge in [-0.25, -0.2) is 0 Å². The van der Waals surface area contributed by atoms with Crippen LogP contribution in [0.15, 0.2) is 16.5 Å². The summed E-state index contributed by atoms with van der Waals surface area (Å²) in [6.07, 6.45) is 2.02. The highest BCUT2D eigenvalue weighted by Crippen LogP contribution is 2.19. The molecule has 0 spiro atoms. The molecule has 22 heavy (non-hydrogen) atoms. The molecule has 0 aliphatic carbocycles. The molecule has 1 atom stereocenters. The number of furan rings is 1. The van der Waals surface area contributed by atoms with Crippen LogP contribution in [0.4, 0.5) is 0 Å². The van der Waals surface area contributed by atoms with E-state index >= 15 is 0 Å². The number of nitrogens with zero attached hydrogens (tertiary/aromatic N) is 3. The summed E-state index contributed by atoms with van der Waals surface area (Å²) in [4.78, 5) is 29.7. The molecule has 1 aromatic heterocycles. The van der Waals surface area contributed by atoms with Crippen molar-refractivity contribution in [2.45, 2.75) is 32.4 Å². The SMILES string of the molecule is CCCc1ccc(CN2CCN3C(=O)CN(C)C(=O)[C@H]3C2)o1. The normalized spacial score (nSPS) is 23.1. The Kier molecular flexibility index (Phi) is 4.20. The quantitative estimate of drug-likeness (QED) is 0.822. The van der Waals surface area contributed by atoms with Gasteiger partial charge in [0.25, 0.3) is 0 Å². The van der Waals surface area contributed by atoms with E-state index in [0.717, 1.165) is 30.9 Å². The van der Waals surface area contributed by atoms with Crippen LogP contribution < -0.4 is 0 Å². The largest absolute Gasteiger partial charge is 0.465 e. The third kappa shape index (κ3) is 2.88. The number of likely N-dealkylation sites (N-methyl/N-ethyl adjacent to an activating group) is 1. The number of hydrogen-bond donors (Lipinski definition) is 0. The van der Waals surface area contributed by atoms with Gasteiger partial charge in [-0.2, -0.15) is 0 Å². The third-order valence-electron chi connectivity index (χ3n) is 4.41. The van der Waals surface area contributed by atoms with E-state index in [0.29, 0.717) is 19.6 Å². The summed E-state index contributed by atoms with van der Waals surface area (Å²) in [5.41, 5.74) is 0. The molecular weight excluding hydrogens is 282 g/mol. The highest BCUT2D eigenvalue weighted by molar-refractivity contribution is 5.95. The third-order valence-corrected chi connectivity index (χ3v) is 4.41. The standard InChI is InChI=1S/C16H23N3O3/c1-3-4-12-5-6-13(22-12)9-18-7-8-19-14(10-18)16(21)17(2)11-15(19)20/h5-6,14H,3-4,7-11H2,1-2H3/t14-/m1/s1. The van der Waals surface area contributed by atoms with Crippen LogP contribution in [0.2, 0.25) is 0 Å². The van der Waals surface area contributed by atoms with Gasteiger partial charge in [0.05, 0.1) is 13.1 Å². The molecular formula is C16H23N3O3. The number of rotatable bonds is 4. The number of fused-ring (bicyclic) bond motifs is 1. The van der Waals surface area contributed by atoms with E-state index in [4.69, 9.17) is 4.42 Å². The number of aryl methyl sites for hydroxylation is 1. The first kappa shape index (κ1) is 15.1. The van der Waals surface area contributed by atoms with Crippen molar-refractivity contribution in [2.24, 2.45) is 0 Å². The first-order chi connectivity index (χ1) is 10.6. The molecule has 6 heteroatoms. The maximum Gasteiger partial charge on any atom is 0.246 e. The second kappa shape index (κ2) is 6.12. The second-order valence-corrected chi connectivity index (χ2v) is 6.15. The van der Waals surface area contributed by atoms with Crippen molar-refractivity contribution in [1.82, 2.24) is 14.7 Å². The topological polar surface area (TPSA) is 57.0 Å². The molecule has 6 nitrogen and oxygen atoms in total. The fourth-order valence-corrected chi connectivity index (χ4v) is 3.23. The maximum atomic E-state index is 12.3. The van der Waals surface area contributed by atoms with Crippen molar-refractivity contribution >= 4 is 11.8 Å². The zero-order valence-electron chi connectivity index (χ0n) is 13.2. The molecule has 3 rings (SSSR count). The summed E-state index contributed by atoms with van der Waals surface area (Å²) in [6.45, 7) is 5.00. The predicted octanol–water partition coefficient (Wildman–Crippen LogP) is 0.717. The van der Waals surface area contributed by atoms with Crippen molar-refractivity contribution in [3.8, 4) is 0 Å². The van der Waals surface area contributed by atoms with Gasteiger partial charge in [0.2, 0.25) is 11.8 Å². The molecule has 3 heterocycles. The lowest BCUT2D eigenvalue weighted by molar-refractivity contribution is -0.158. The van der Waals surface area contributed by atoms with E-state index in [2.05, 4.69) is 11.8 Å². The molecule has 2 fully saturated rings. The molecule has 0 unspecified atom stereocenters. The Bertz CT molecular complexity index is 569. The number of carbonyl (C=O) groups is 2. The lowest BCUT2D eigenvalue weighted by atomic mass is 10.1. The van der Waals surface area contributed by atoms with Gasteiger partial charge in [0, 0.05) is 33.1 Å². The smallest absolute Gasteiger partial charge is 0.246 e. The zero-order chi connectivity index (χ0) is 15.7. The van der Waals surface area contributed by atoms with Crippen molar-refractivity contribution in [3.05, 3.63) is 23.7 Å². The summed E-state index contributed by atoms with van der Waals surface area (Å²) >= 11 is 0. The fraction of sp³-hybridized carbons (Fsp3) is 0.625. The van der Waals surface area contributed by atoms with Crippen LogP contribution in [0.25, 0.3) is 0 Å². The highest BCUT2D eigenvalue weighted by atomic mass is 16.3. The van der Waals surface area contributed by atoms with Crippen molar-refractivity contribution in [1.29, 1.82) is 0 Å². The van der Waals surface area contributed by atoms with Crippen molar-refractivity contribution < 1.29 is 14.0 Å². The van der Waals surface area contributed by atoms with Crippen LogP contribution in [0.1, 0.15) is 24.9 Å². The first-order valence-corrected chi connectivity index (χ1v) is 7.93. The Hall–Kier alpha value is -1.82.